The van der Waals surface area contributed by atoms with Crippen molar-refractivity contribution in [1.29, 1.82) is 0 Å². The van der Waals surface area contributed by atoms with Crippen LogP contribution in [-0.2, 0) is 4.74 Å². The van der Waals surface area contributed by atoms with E-state index in [-0.39, 0.29) is 6.04 Å². The monoisotopic (exact) mass is 243 g/mol. The lowest BCUT2D eigenvalue weighted by atomic mass is 10.1. The van der Waals surface area contributed by atoms with Crippen LogP contribution in [0.1, 0.15) is 40.5 Å². The molecule has 0 saturated heterocycles. The minimum absolute atomic E-state index is 0.280. The number of hydrogen-bond donors (Lipinski definition) is 2. The summed E-state index contributed by atoms with van der Waals surface area (Å²) in [7, 11) is 1.71. The van der Waals surface area contributed by atoms with Gasteiger partial charge in [-0.25, -0.2) is 0 Å². The highest BCUT2D eigenvalue weighted by molar-refractivity contribution is 5.80. The van der Waals surface area contributed by atoms with Gasteiger partial charge in [0.05, 0.1) is 6.61 Å². The first-order valence-electron chi connectivity index (χ1n) is 6.63. The van der Waals surface area contributed by atoms with Gasteiger partial charge >= 0.3 is 0 Å². The molecular weight excluding hydrogens is 214 g/mol. The van der Waals surface area contributed by atoms with Gasteiger partial charge in [0.2, 0.25) is 0 Å². The Hall–Kier alpha value is -0.770. The second-order valence-corrected chi connectivity index (χ2v) is 4.80. The second-order valence-electron chi connectivity index (χ2n) is 4.80. The van der Waals surface area contributed by atoms with Crippen molar-refractivity contribution in [2.24, 2.45) is 10.9 Å². The molecule has 0 aromatic heterocycles. The van der Waals surface area contributed by atoms with Crippen LogP contribution in [-0.4, -0.2) is 38.8 Å². The number of aliphatic imine (C=N–C) groups is 1. The molecule has 0 amide bonds. The number of hydrogen-bond acceptors (Lipinski definition) is 2. The van der Waals surface area contributed by atoms with Crippen molar-refractivity contribution in [2.45, 2.75) is 46.6 Å². The molecular formula is C13H29N3O. The number of methoxy groups -OCH3 is 1. The predicted octanol–water partition coefficient (Wildman–Crippen LogP) is 2.01. The van der Waals surface area contributed by atoms with Crippen molar-refractivity contribution in [3.8, 4) is 0 Å². The highest BCUT2D eigenvalue weighted by atomic mass is 16.5. The molecule has 0 saturated carbocycles. The normalized spacial score (nSPS) is 13.9. The van der Waals surface area contributed by atoms with Crippen LogP contribution in [0.4, 0.5) is 0 Å². The van der Waals surface area contributed by atoms with Crippen LogP contribution in [0.15, 0.2) is 4.99 Å². The van der Waals surface area contributed by atoms with Crippen LogP contribution in [0.25, 0.3) is 0 Å². The van der Waals surface area contributed by atoms with Crippen molar-refractivity contribution in [2.75, 3.05) is 26.8 Å². The number of ether oxygens (including phenoxy) is 1. The van der Waals surface area contributed by atoms with E-state index in [1.807, 2.05) is 0 Å². The van der Waals surface area contributed by atoms with E-state index in [9.17, 15) is 0 Å². The summed E-state index contributed by atoms with van der Waals surface area (Å²) in [6.07, 6.45) is 2.38. The van der Waals surface area contributed by atoms with E-state index >= 15 is 0 Å². The minimum Gasteiger partial charge on any atom is -0.383 e. The molecule has 0 rings (SSSR count). The van der Waals surface area contributed by atoms with E-state index in [1.165, 1.54) is 6.42 Å². The van der Waals surface area contributed by atoms with Crippen LogP contribution in [0.3, 0.4) is 0 Å². The molecule has 2 N–H and O–H groups in total. The van der Waals surface area contributed by atoms with Crippen LogP contribution in [0, 0.1) is 5.92 Å². The van der Waals surface area contributed by atoms with E-state index in [0.717, 1.165) is 31.4 Å². The first-order valence-corrected chi connectivity index (χ1v) is 6.63. The standard InChI is InChI=1S/C13H29N3O/c1-6-14-13(16-12(4)10-17-5)15-9-7-8-11(2)3/h11-12H,6-10H2,1-5H3,(H2,14,15,16). The van der Waals surface area contributed by atoms with E-state index in [4.69, 9.17) is 4.74 Å². The summed E-state index contributed by atoms with van der Waals surface area (Å²) in [6.45, 7) is 11.1. The maximum absolute atomic E-state index is 5.09. The fraction of sp³-hybridized carbons (Fsp3) is 0.923. The lowest BCUT2D eigenvalue weighted by Gasteiger charge is -2.17. The largest absolute Gasteiger partial charge is 0.383 e. The Kier molecular flexibility index (Phi) is 9.92. The lowest BCUT2D eigenvalue weighted by Crippen LogP contribution is -2.44. The third-order valence-corrected chi connectivity index (χ3v) is 2.35. The molecule has 102 valence electrons. The summed E-state index contributed by atoms with van der Waals surface area (Å²) in [4.78, 5) is 4.55. The van der Waals surface area contributed by atoms with E-state index in [1.54, 1.807) is 7.11 Å². The van der Waals surface area contributed by atoms with Crippen LogP contribution in [0.2, 0.25) is 0 Å². The van der Waals surface area contributed by atoms with Crippen LogP contribution < -0.4 is 10.6 Å². The molecule has 0 radical (unpaired) electrons. The smallest absolute Gasteiger partial charge is 0.191 e. The van der Waals surface area contributed by atoms with Gasteiger partial charge in [0.15, 0.2) is 5.96 Å². The topological polar surface area (TPSA) is 45.7 Å². The van der Waals surface area contributed by atoms with Gasteiger partial charge in [-0.2, -0.15) is 0 Å². The lowest BCUT2D eigenvalue weighted by molar-refractivity contribution is 0.179. The Labute approximate surface area is 106 Å². The molecule has 0 aliphatic rings. The quantitative estimate of drug-likeness (QED) is 0.389. The van der Waals surface area contributed by atoms with Crippen molar-refractivity contribution in [3.05, 3.63) is 0 Å². The fourth-order valence-corrected chi connectivity index (χ4v) is 1.54. The molecule has 0 fully saturated rings. The van der Waals surface area contributed by atoms with Crippen molar-refractivity contribution in [1.82, 2.24) is 10.6 Å². The first-order chi connectivity index (χ1) is 8.10. The van der Waals surface area contributed by atoms with Crippen LogP contribution >= 0.6 is 0 Å². The Bertz CT molecular complexity index is 205. The Balaban J connectivity index is 3.98. The molecule has 0 bridgehead atoms. The average molecular weight is 243 g/mol. The maximum atomic E-state index is 5.09. The van der Waals surface area contributed by atoms with E-state index < -0.39 is 0 Å². The maximum Gasteiger partial charge on any atom is 0.191 e. The first kappa shape index (κ1) is 16.2. The predicted molar refractivity (Wildman–Crippen MR) is 74.5 cm³/mol. The molecule has 0 spiro atoms. The molecule has 0 aromatic rings. The number of nitrogens with one attached hydrogen (secondary N) is 2. The molecule has 4 heteroatoms. The molecule has 4 nitrogen and oxygen atoms in total. The number of guanidine groups is 1. The van der Waals surface area contributed by atoms with Gasteiger partial charge < -0.3 is 15.4 Å². The number of rotatable bonds is 8. The molecule has 0 heterocycles. The van der Waals surface area contributed by atoms with Gasteiger partial charge in [0, 0.05) is 26.2 Å². The Morgan fingerprint density at radius 2 is 2.00 bits per heavy atom. The summed E-state index contributed by atoms with van der Waals surface area (Å²) in [5.74, 6) is 1.65. The third kappa shape index (κ3) is 10.1. The van der Waals surface area contributed by atoms with E-state index in [0.29, 0.717) is 6.61 Å². The Morgan fingerprint density at radius 1 is 1.29 bits per heavy atom. The molecule has 1 unspecified atom stereocenters. The summed E-state index contributed by atoms with van der Waals surface area (Å²) in [6, 6.07) is 0.280. The zero-order chi connectivity index (χ0) is 13.1. The van der Waals surface area contributed by atoms with Gasteiger partial charge in [-0.05, 0) is 32.6 Å². The highest BCUT2D eigenvalue weighted by Gasteiger charge is 2.03. The van der Waals surface area contributed by atoms with Gasteiger partial charge in [-0.1, -0.05) is 13.8 Å². The zero-order valence-corrected chi connectivity index (χ0v) is 12.0. The van der Waals surface area contributed by atoms with Gasteiger partial charge in [0.25, 0.3) is 0 Å². The van der Waals surface area contributed by atoms with Crippen molar-refractivity contribution >= 4 is 5.96 Å². The van der Waals surface area contributed by atoms with Gasteiger partial charge in [-0.3, -0.25) is 4.99 Å². The van der Waals surface area contributed by atoms with E-state index in [2.05, 4.69) is 43.3 Å². The SMILES string of the molecule is CCNC(=NCCCC(C)C)NC(C)COC. The van der Waals surface area contributed by atoms with Gasteiger partial charge in [0.1, 0.15) is 0 Å². The summed E-state index contributed by atoms with van der Waals surface area (Å²) in [5, 5.41) is 6.56. The van der Waals surface area contributed by atoms with Gasteiger partial charge in [-0.15, -0.1) is 0 Å². The van der Waals surface area contributed by atoms with Crippen molar-refractivity contribution < 1.29 is 4.74 Å². The molecule has 17 heavy (non-hydrogen) atoms. The fourth-order valence-electron chi connectivity index (χ4n) is 1.54. The summed E-state index contributed by atoms with van der Waals surface area (Å²) >= 11 is 0. The minimum atomic E-state index is 0.280. The number of nitrogens with zero attached hydrogens (tertiary/aromatic N) is 1. The molecule has 1 atom stereocenters. The molecule has 0 aliphatic carbocycles. The zero-order valence-electron chi connectivity index (χ0n) is 12.0. The van der Waals surface area contributed by atoms with Crippen molar-refractivity contribution in [3.63, 3.8) is 0 Å². The highest BCUT2D eigenvalue weighted by Crippen LogP contribution is 2.02. The third-order valence-electron chi connectivity index (χ3n) is 2.35. The summed E-state index contributed by atoms with van der Waals surface area (Å²) in [5.41, 5.74) is 0. The second kappa shape index (κ2) is 10.4. The molecule has 0 aromatic carbocycles. The van der Waals surface area contributed by atoms with Crippen LogP contribution in [0.5, 0.6) is 0 Å². The average Bonchev–Trinajstić information content (AvgIpc) is 2.24. The summed E-state index contributed by atoms with van der Waals surface area (Å²) < 4.78 is 5.09. The molecule has 0 aliphatic heterocycles. The Morgan fingerprint density at radius 3 is 2.53 bits per heavy atom.